The fourth-order valence-corrected chi connectivity index (χ4v) is 2.65. The maximum Gasteiger partial charge on any atom is 0.334 e. The lowest BCUT2D eigenvalue weighted by Crippen LogP contribution is -2.05. The summed E-state index contributed by atoms with van der Waals surface area (Å²) in [5, 5.41) is 0. The molecule has 0 radical (unpaired) electrons. The van der Waals surface area contributed by atoms with Crippen molar-refractivity contribution in [2.45, 2.75) is 26.6 Å². The minimum Gasteiger partial charge on any atom is -0.489 e. The Kier molecular flexibility index (Phi) is 3.96. The van der Waals surface area contributed by atoms with Crippen molar-refractivity contribution in [3.63, 3.8) is 0 Å². The van der Waals surface area contributed by atoms with Crippen molar-refractivity contribution >= 4 is 11.5 Å². The first-order chi connectivity index (χ1) is 10.6. The summed E-state index contributed by atoms with van der Waals surface area (Å²) < 4.78 is 11.0. The summed E-state index contributed by atoms with van der Waals surface area (Å²) in [7, 11) is 0. The molecule has 3 heteroatoms. The largest absolute Gasteiger partial charge is 0.489 e. The van der Waals surface area contributed by atoms with Crippen molar-refractivity contribution in [3.05, 3.63) is 71.3 Å². The Bertz CT molecular complexity index is 699. The van der Waals surface area contributed by atoms with Gasteiger partial charge in [-0.3, -0.25) is 0 Å². The van der Waals surface area contributed by atoms with Crippen LogP contribution in [0.3, 0.4) is 0 Å². The van der Waals surface area contributed by atoms with Crippen molar-refractivity contribution in [1.82, 2.24) is 0 Å². The highest BCUT2D eigenvalue weighted by atomic mass is 16.5. The molecule has 0 unspecified atom stereocenters. The molecule has 0 fully saturated rings. The Morgan fingerprint density at radius 2 is 1.73 bits per heavy atom. The van der Waals surface area contributed by atoms with E-state index in [0.717, 1.165) is 22.4 Å². The zero-order valence-corrected chi connectivity index (χ0v) is 12.7. The molecular weight excluding hydrogens is 276 g/mol. The van der Waals surface area contributed by atoms with Gasteiger partial charge in [-0.05, 0) is 37.1 Å². The van der Waals surface area contributed by atoms with Gasteiger partial charge in [0.25, 0.3) is 0 Å². The molecule has 0 saturated carbocycles. The molecule has 0 aliphatic carbocycles. The molecule has 1 atom stereocenters. The Hall–Kier alpha value is -2.55. The maximum absolute atomic E-state index is 11.6. The molecule has 112 valence electrons. The number of hydrogen-bond donors (Lipinski definition) is 0. The lowest BCUT2D eigenvalue weighted by molar-refractivity contribution is -0.138. The highest BCUT2D eigenvalue weighted by Gasteiger charge is 2.28. The summed E-state index contributed by atoms with van der Waals surface area (Å²) in [6, 6.07) is 17.8. The van der Waals surface area contributed by atoms with Crippen LogP contribution in [-0.2, 0) is 16.1 Å². The van der Waals surface area contributed by atoms with E-state index in [1.54, 1.807) is 6.92 Å². The number of cyclic esters (lactones) is 1. The van der Waals surface area contributed by atoms with Gasteiger partial charge in [-0.15, -0.1) is 0 Å². The molecule has 0 spiro atoms. The second-order valence-corrected chi connectivity index (χ2v) is 5.38. The van der Waals surface area contributed by atoms with E-state index < -0.39 is 0 Å². The zero-order chi connectivity index (χ0) is 15.5. The predicted molar refractivity (Wildman–Crippen MR) is 85.4 cm³/mol. The van der Waals surface area contributed by atoms with Gasteiger partial charge in [0, 0.05) is 11.1 Å². The van der Waals surface area contributed by atoms with Crippen molar-refractivity contribution in [1.29, 1.82) is 0 Å². The Morgan fingerprint density at radius 3 is 2.32 bits per heavy atom. The van der Waals surface area contributed by atoms with Crippen LogP contribution in [-0.4, -0.2) is 12.1 Å². The van der Waals surface area contributed by atoms with Crippen molar-refractivity contribution < 1.29 is 14.3 Å². The summed E-state index contributed by atoms with van der Waals surface area (Å²) in [5.41, 5.74) is 3.78. The third-order valence-electron chi connectivity index (χ3n) is 3.81. The van der Waals surface area contributed by atoms with Crippen LogP contribution in [0.1, 0.15) is 25.0 Å². The fraction of sp³-hybridized carbons (Fsp3) is 0.211. The average Bonchev–Trinajstić information content (AvgIpc) is 2.80. The smallest absolute Gasteiger partial charge is 0.334 e. The van der Waals surface area contributed by atoms with Crippen molar-refractivity contribution in [2.75, 3.05) is 0 Å². The van der Waals surface area contributed by atoms with Crippen LogP contribution in [0.25, 0.3) is 5.57 Å². The van der Waals surface area contributed by atoms with Crippen LogP contribution in [0.2, 0.25) is 0 Å². The number of rotatable bonds is 4. The summed E-state index contributed by atoms with van der Waals surface area (Å²) in [5.74, 6) is 0.579. The van der Waals surface area contributed by atoms with Crippen molar-refractivity contribution in [2.24, 2.45) is 0 Å². The standard InChI is InChI=1S/C19H18O3/c1-13-18(14(2)22-19(13)20)16-8-10-17(11-9-16)21-12-15-6-4-3-5-7-15/h3-11,14H,12H2,1-2H3/t14-/m0/s1. The minimum absolute atomic E-state index is 0.191. The third kappa shape index (κ3) is 2.89. The Balaban J connectivity index is 1.72. The first kappa shape index (κ1) is 14.4. The van der Waals surface area contributed by atoms with E-state index in [-0.39, 0.29) is 12.1 Å². The molecule has 3 rings (SSSR count). The van der Waals surface area contributed by atoms with Crippen LogP contribution >= 0.6 is 0 Å². The molecule has 0 bridgehead atoms. The minimum atomic E-state index is -0.230. The number of carbonyl (C=O) groups excluding carboxylic acids is 1. The summed E-state index contributed by atoms with van der Waals surface area (Å²) >= 11 is 0. The highest BCUT2D eigenvalue weighted by molar-refractivity contribution is 6.02. The lowest BCUT2D eigenvalue weighted by Gasteiger charge is -2.11. The highest BCUT2D eigenvalue weighted by Crippen LogP contribution is 2.32. The topological polar surface area (TPSA) is 35.5 Å². The molecular formula is C19H18O3. The third-order valence-corrected chi connectivity index (χ3v) is 3.81. The van der Waals surface area contributed by atoms with E-state index in [1.807, 2.05) is 61.5 Å². The first-order valence-corrected chi connectivity index (χ1v) is 7.34. The molecule has 0 N–H and O–H groups in total. The fourth-order valence-electron chi connectivity index (χ4n) is 2.65. The second-order valence-electron chi connectivity index (χ2n) is 5.38. The van der Waals surface area contributed by atoms with Gasteiger partial charge in [0.1, 0.15) is 18.5 Å². The van der Waals surface area contributed by atoms with E-state index in [1.165, 1.54) is 0 Å². The number of hydrogen-bond acceptors (Lipinski definition) is 3. The van der Waals surface area contributed by atoms with Gasteiger partial charge in [0.15, 0.2) is 0 Å². The number of ether oxygens (including phenoxy) is 2. The molecule has 3 nitrogen and oxygen atoms in total. The summed E-state index contributed by atoms with van der Waals surface area (Å²) in [6.07, 6.45) is -0.191. The number of esters is 1. The van der Waals surface area contributed by atoms with Gasteiger partial charge in [0.2, 0.25) is 0 Å². The quantitative estimate of drug-likeness (QED) is 0.800. The van der Waals surface area contributed by atoms with Gasteiger partial charge in [-0.25, -0.2) is 4.79 Å². The molecule has 2 aromatic carbocycles. The second kappa shape index (κ2) is 6.06. The van der Waals surface area contributed by atoms with Crippen LogP contribution in [0.5, 0.6) is 5.75 Å². The summed E-state index contributed by atoms with van der Waals surface area (Å²) in [6.45, 7) is 4.24. The van der Waals surface area contributed by atoms with Gasteiger partial charge in [0.05, 0.1) is 0 Å². The predicted octanol–water partition coefficient (Wildman–Crippen LogP) is 3.98. The molecule has 0 saturated heterocycles. The zero-order valence-electron chi connectivity index (χ0n) is 12.7. The molecule has 1 heterocycles. The average molecular weight is 294 g/mol. The van der Waals surface area contributed by atoms with Crippen LogP contribution in [0, 0.1) is 0 Å². The first-order valence-electron chi connectivity index (χ1n) is 7.34. The Labute approximate surface area is 130 Å². The summed E-state index contributed by atoms with van der Waals surface area (Å²) in [4.78, 5) is 11.6. The SMILES string of the molecule is CC1=C(c2ccc(OCc3ccccc3)cc2)[C@H](C)OC1=O. The maximum atomic E-state index is 11.6. The number of benzene rings is 2. The van der Waals surface area contributed by atoms with Crippen LogP contribution < -0.4 is 4.74 Å². The van der Waals surface area contributed by atoms with Crippen LogP contribution in [0.4, 0.5) is 0 Å². The van der Waals surface area contributed by atoms with E-state index >= 15 is 0 Å². The molecule has 22 heavy (non-hydrogen) atoms. The van der Waals surface area contributed by atoms with E-state index in [4.69, 9.17) is 9.47 Å². The van der Waals surface area contributed by atoms with Gasteiger partial charge in [-0.2, -0.15) is 0 Å². The monoisotopic (exact) mass is 294 g/mol. The number of carbonyl (C=O) groups is 1. The lowest BCUT2D eigenvalue weighted by atomic mass is 9.98. The van der Waals surface area contributed by atoms with Crippen molar-refractivity contribution in [3.8, 4) is 5.75 Å². The molecule has 1 aliphatic rings. The van der Waals surface area contributed by atoms with Gasteiger partial charge in [-0.1, -0.05) is 42.5 Å². The van der Waals surface area contributed by atoms with E-state index in [9.17, 15) is 4.79 Å². The van der Waals surface area contributed by atoms with Crippen LogP contribution in [0.15, 0.2) is 60.2 Å². The van der Waals surface area contributed by atoms with E-state index in [0.29, 0.717) is 12.2 Å². The molecule has 0 amide bonds. The van der Waals surface area contributed by atoms with Gasteiger partial charge < -0.3 is 9.47 Å². The molecule has 1 aliphatic heterocycles. The van der Waals surface area contributed by atoms with E-state index in [2.05, 4.69) is 0 Å². The Morgan fingerprint density at radius 1 is 1.05 bits per heavy atom. The molecule has 2 aromatic rings. The molecule has 0 aromatic heterocycles. The van der Waals surface area contributed by atoms with Gasteiger partial charge >= 0.3 is 5.97 Å². The normalized spacial score (nSPS) is 17.5.